The van der Waals surface area contributed by atoms with E-state index in [-0.39, 0.29) is 24.0 Å². The van der Waals surface area contributed by atoms with Crippen molar-refractivity contribution in [2.24, 2.45) is 10.9 Å². The first-order valence-electron chi connectivity index (χ1n) is 8.06. The minimum atomic E-state index is 0. The highest BCUT2D eigenvalue weighted by Crippen LogP contribution is 2.11. The third-order valence-corrected chi connectivity index (χ3v) is 3.87. The van der Waals surface area contributed by atoms with E-state index in [2.05, 4.69) is 47.4 Å². The minimum absolute atomic E-state index is 0. The summed E-state index contributed by atoms with van der Waals surface area (Å²) in [5.41, 5.74) is 2.27. The van der Waals surface area contributed by atoms with Crippen LogP contribution in [0.1, 0.15) is 50.8 Å². The molecule has 22 heavy (non-hydrogen) atoms. The topological polar surface area (TPSA) is 49.3 Å². The lowest BCUT2D eigenvalue weighted by Gasteiger charge is -2.18. The number of halogens is 1. The van der Waals surface area contributed by atoms with Crippen LogP contribution in [0, 0.1) is 12.8 Å². The van der Waals surface area contributed by atoms with Crippen LogP contribution in [0.4, 0.5) is 0 Å². The van der Waals surface area contributed by atoms with Gasteiger partial charge in [0.25, 0.3) is 0 Å². The van der Waals surface area contributed by atoms with Crippen LogP contribution in [0.3, 0.4) is 0 Å². The van der Waals surface area contributed by atoms with Gasteiger partial charge in [0, 0.05) is 19.8 Å². The highest BCUT2D eigenvalue weighted by Gasteiger charge is 2.07. The number of hydrogen-bond acceptors (Lipinski definition) is 2. The predicted octanol–water partition coefficient (Wildman–Crippen LogP) is 3.89. The Morgan fingerprint density at radius 3 is 2.68 bits per heavy atom. The van der Waals surface area contributed by atoms with Crippen LogP contribution < -0.4 is 10.6 Å². The van der Waals surface area contributed by atoms with E-state index in [0.29, 0.717) is 6.54 Å². The smallest absolute Gasteiger partial charge is 0.191 e. The second-order valence-corrected chi connectivity index (χ2v) is 5.49. The van der Waals surface area contributed by atoms with Crippen molar-refractivity contribution in [2.75, 3.05) is 13.6 Å². The zero-order valence-corrected chi connectivity index (χ0v) is 16.7. The lowest BCUT2D eigenvalue weighted by atomic mass is 9.99. The molecule has 0 fully saturated rings. The summed E-state index contributed by atoms with van der Waals surface area (Å²) in [7, 11) is 1.81. The van der Waals surface area contributed by atoms with Gasteiger partial charge in [0.2, 0.25) is 0 Å². The molecule has 1 unspecified atom stereocenters. The molecule has 1 aromatic heterocycles. The van der Waals surface area contributed by atoms with Gasteiger partial charge in [0.15, 0.2) is 5.96 Å². The normalized spacial score (nSPS) is 12.5. The molecule has 0 aliphatic rings. The van der Waals surface area contributed by atoms with Crippen LogP contribution in [0.15, 0.2) is 23.3 Å². The van der Waals surface area contributed by atoms with E-state index in [4.69, 9.17) is 0 Å². The number of rotatable bonds is 8. The fourth-order valence-corrected chi connectivity index (χ4v) is 2.28. The molecule has 5 heteroatoms. The molecule has 0 spiro atoms. The lowest BCUT2D eigenvalue weighted by Crippen LogP contribution is -2.39. The number of unbranched alkanes of at least 4 members (excludes halogenated alkanes) is 1. The first-order valence-corrected chi connectivity index (χ1v) is 8.06. The molecule has 126 valence electrons. The molecule has 2 N–H and O–H groups in total. The van der Waals surface area contributed by atoms with E-state index >= 15 is 0 Å². The SMILES string of the molecule is CCCCC(CC)CNC(=NC)NCc1ncccc1C.I. The van der Waals surface area contributed by atoms with Crippen molar-refractivity contribution in [1.82, 2.24) is 15.6 Å². The van der Waals surface area contributed by atoms with Crippen molar-refractivity contribution >= 4 is 29.9 Å². The number of aliphatic imine (C=N–C) groups is 1. The summed E-state index contributed by atoms with van der Waals surface area (Å²) < 4.78 is 0. The summed E-state index contributed by atoms with van der Waals surface area (Å²) in [6.07, 6.45) is 6.90. The quantitative estimate of drug-likeness (QED) is 0.383. The van der Waals surface area contributed by atoms with Crippen molar-refractivity contribution < 1.29 is 0 Å². The lowest BCUT2D eigenvalue weighted by molar-refractivity contribution is 0.443. The maximum Gasteiger partial charge on any atom is 0.191 e. The highest BCUT2D eigenvalue weighted by atomic mass is 127. The van der Waals surface area contributed by atoms with Crippen LogP contribution >= 0.6 is 24.0 Å². The fourth-order valence-electron chi connectivity index (χ4n) is 2.28. The largest absolute Gasteiger partial charge is 0.356 e. The molecule has 1 rings (SSSR count). The van der Waals surface area contributed by atoms with Crippen molar-refractivity contribution in [2.45, 2.75) is 53.0 Å². The summed E-state index contributed by atoms with van der Waals surface area (Å²) in [5.74, 6) is 1.58. The average Bonchev–Trinajstić information content (AvgIpc) is 2.51. The standard InChI is InChI=1S/C17H30N4.HI/c1-5-7-10-15(6-2)12-20-17(18-4)21-13-16-14(3)9-8-11-19-16;/h8-9,11,15H,5-7,10,12-13H2,1-4H3,(H2,18,20,21);1H. The molecular weight excluding hydrogens is 387 g/mol. The number of nitrogens with zero attached hydrogens (tertiary/aromatic N) is 2. The second kappa shape index (κ2) is 12.7. The molecule has 0 aromatic carbocycles. The van der Waals surface area contributed by atoms with Crippen LogP contribution in [0.25, 0.3) is 0 Å². The molecule has 0 radical (unpaired) electrons. The third-order valence-electron chi connectivity index (χ3n) is 3.87. The van der Waals surface area contributed by atoms with E-state index in [9.17, 15) is 0 Å². The van der Waals surface area contributed by atoms with E-state index in [0.717, 1.165) is 24.1 Å². The number of aryl methyl sites for hydroxylation is 1. The van der Waals surface area contributed by atoms with Gasteiger partial charge < -0.3 is 10.6 Å². The van der Waals surface area contributed by atoms with E-state index in [1.807, 2.05) is 19.3 Å². The Hall–Kier alpha value is -0.850. The predicted molar refractivity (Wildman–Crippen MR) is 106 cm³/mol. The number of hydrogen-bond donors (Lipinski definition) is 2. The summed E-state index contributed by atoms with van der Waals surface area (Å²) in [5, 5.41) is 6.77. The number of guanidine groups is 1. The zero-order chi connectivity index (χ0) is 15.5. The first-order chi connectivity index (χ1) is 10.2. The maximum absolute atomic E-state index is 4.39. The zero-order valence-electron chi connectivity index (χ0n) is 14.4. The van der Waals surface area contributed by atoms with Gasteiger partial charge in [0.1, 0.15) is 0 Å². The molecule has 0 aliphatic heterocycles. The molecule has 0 bridgehead atoms. The van der Waals surface area contributed by atoms with Crippen LogP contribution in [0.2, 0.25) is 0 Å². The van der Waals surface area contributed by atoms with Gasteiger partial charge in [-0.3, -0.25) is 9.98 Å². The van der Waals surface area contributed by atoms with Crippen molar-refractivity contribution in [3.8, 4) is 0 Å². The Bertz CT molecular complexity index is 434. The molecule has 1 heterocycles. The molecule has 0 amide bonds. The van der Waals surface area contributed by atoms with Crippen LogP contribution in [-0.2, 0) is 6.54 Å². The Morgan fingerprint density at radius 1 is 1.32 bits per heavy atom. The summed E-state index contributed by atoms with van der Waals surface area (Å²) in [4.78, 5) is 8.68. The Balaban J connectivity index is 0.00000441. The van der Waals surface area contributed by atoms with E-state index in [1.165, 1.54) is 31.2 Å². The summed E-state index contributed by atoms with van der Waals surface area (Å²) >= 11 is 0. The minimum Gasteiger partial charge on any atom is -0.356 e. The Kier molecular flexibility index (Phi) is 12.2. The monoisotopic (exact) mass is 418 g/mol. The molecule has 4 nitrogen and oxygen atoms in total. The average molecular weight is 418 g/mol. The fraction of sp³-hybridized carbons (Fsp3) is 0.647. The van der Waals surface area contributed by atoms with E-state index < -0.39 is 0 Å². The van der Waals surface area contributed by atoms with Crippen LogP contribution in [0.5, 0.6) is 0 Å². The molecule has 0 aliphatic carbocycles. The van der Waals surface area contributed by atoms with E-state index in [1.54, 1.807) is 0 Å². The van der Waals surface area contributed by atoms with Gasteiger partial charge in [-0.2, -0.15) is 0 Å². The highest BCUT2D eigenvalue weighted by molar-refractivity contribution is 14.0. The molecule has 1 atom stereocenters. The Morgan fingerprint density at radius 2 is 2.09 bits per heavy atom. The third kappa shape index (κ3) is 7.96. The van der Waals surface area contributed by atoms with Gasteiger partial charge in [-0.25, -0.2) is 0 Å². The summed E-state index contributed by atoms with van der Waals surface area (Å²) in [6.45, 7) is 8.28. The number of pyridine rings is 1. The Labute approximate surface area is 152 Å². The van der Waals surface area contributed by atoms with Gasteiger partial charge in [-0.1, -0.05) is 39.2 Å². The second-order valence-electron chi connectivity index (χ2n) is 5.49. The molecule has 1 aromatic rings. The first kappa shape index (κ1) is 21.1. The maximum atomic E-state index is 4.39. The molecule has 0 saturated carbocycles. The van der Waals surface area contributed by atoms with Crippen molar-refractivity contribution in [1.29, 1.82) is 0 Å². The number of aromatic nitrogens is 1. The van der Waals surface area contributed by atoms with Gasteiger partial charge >= 0.3 is 0 Å². The van der Waals surface area contributed by atoms with Crippen molar-refractivity contribution in [3.05, 3.63) is 29.6 Å². The molecular formula is C17H31IN4. The molecule has 0 saturated heterocycles. The van der Waals surface area contributed by atoms with Gasteiger partial charge in [0.05, 0.1) is 12.2 Å². The number of nitrogens with one attached hydrogen (secondary N) is 2. The van der Waals surface area contributed by atoms with Gasteiger partial charge in [-0.15, -0.1) is 24.0 Å². The van der Waals surface area contributed by atoms with Crippen LogP contribution in [-0.4, -0.2) is 24.5 Å². The van der Waals surface area contributed by atoms with Gasteiger partial charge in [-0.05, 0) is 30.9 Å². The summed E-state index contributed by atoms with van der Waals surface area (Å²) in [6, 6.07) is 4.05. The van der Waals surface area contributed by atoms with Crippen molar-refractivity contribution in [3.63, 3.8) is 0 Å².